The maximum atomic E-state index is 14.3. The largest absolute Gasteiger partial charge is 0.399 e. The van der Waals surface area contributed by atoms with Crippen LogP contribution in [-0.4, -0.2) is 27.6 Å². The number of halogens is 3. The molecule has 0 saturated heterocycles. The number of nitrogens with two attached hydrogens (primary N) is 2. The summed E-state index contributed by atoms with van der Waals surface area (Å²) in [4.78, 5) is 4.07. The van der Waals surface area contributed by atoms with Crippen LogP contribution < -0.4 is 11.5 Å². The normalized spacial score (nSPS) is 36.8. The number of aliphatic imine (C=N–C) groups is 1. The van der Waals surface area contributed by atoms with Gasteiger partial charge in [-0.05, 0) is 25.1 Å². The molecule has 1 aliphatic heterocycles. The van der Waals surface area contributed by atoms with Crippen LogP contribution in [-0.2, 0) is 5.54 Å². The van der Waals surface area contributed by atoms with E-state index < -0.39 is 34.6 Å². The minimum Gasteiger partial charge on any atom is -0.399 e. The predicted molar refractivity (Wildman–Crippen MR) is 75.6 cm³/mol. The highest BCUT2D eigenvalue weighted by Crippen LogP contribution is 2.74. The molecule has 21 heavy (non-hydrogen) atoms. The van der Waals surface area contributed by atoms with Gasteiger partial charge in [0.05, 0.1) is 18.1 Å². The first kappa shape index (κ1) is 14.5. The first-order valence-electron chi connectivity index (χ1n) is 6.27. The summed E-state index contributed by atoms with van der Waals surface area (Å²) in [5.41, 5.74) is 9.92. The van der Waals surface area contributed by atoms with Crippen molar-refractivity contribution in [2.75, 3.05) is 12.3 Å². The van der Waals surface area contributed by atoms with Crippen molar-refractivity contribution in [3.8, 4) is 0 Å². The minimum atomic E-state index is -3.19. The van der Waals surface area contributed by atoms with Crippen molar-refractivity contribution in [1.82, 2.24) is 0 Å². The third-order valence-electron chi connectivity index (χ3n) is 4.27. The van der Waals surface area contributed by atoms with Gasteiger partial charge in [0.1, 0.15) is 10.6 Å². The SMILES string of the molecule is C[C@]1(c2cc(N)ccc2F)N=C(N)S[C@]2(CO)[C@H]1C2(F)F. The fourth-order valence-electron chi connectivity index (χ4n) is 3.25. The van der Waals surface area contributed by atoms with E-state index in [9.17, 15) is 18.3 Å². The number of anilines is 1. The maximum absolute atomic E-state index is 14.3. The lowest BCUT2D eigenvalue weighted by molar-refractivity contribution is 0.0685. The number of hydrogen-bond acceptors (Lipinski definition) is 5. The lowest BCUT2D eigenvalue weighted by atomic mass is 9.85. The second kappa shape index (κ2) is 4.07. The number of rotatable bonds is 2. The van der Waals surface area contributed by atoms with E-state index in [1.807, 2.05) is 0 Å². The van der Waals surface area contributed by atoms with E-state index in [0.29, 0.717) is 11.8 Å². The van der Waals surface area contributed by atoms with Crippen LogP contribution in [0.2, 0.25) is 0 Å². The molecule has 0 spiro atoms. The molecule has 1 aliphatic carbocycles. The zero-order valence-electron chi connectivity index (χ0n) is 11.1. The Balaban J connectivity index is 2.20. The van der Waals surface area contributed by atoms with Gasteiger partial charge in [-0.15, -0.1) is 0 Å². The van der Waals surface area contributed by atoms with Gasteiger partial charge in [-0.3, -0.25) is 4.99 Å². The molecule has 114 valence electrons. The molecule has 0 radical (unpaired) electrons. The molecule has 2 aliphatic rings. The third-order valence-corrected chi connectivity index (χ3v) is 5.57. The van der Waals surface area contributed by atoms with Crippen LogP contribution >= 0.6 is 11.8 Å². The Labute approximate surface area is 123 Å². The highest BCUT2D eigenvalue weighted by Gasteiger charge is 2.87. The molecule has 4 nitrogen and oxygen atoms in total. The van der Waals surface area contributed by atoms with E-state index in [0.717, 1.165) is 6.07 Å². The number of nitrogen functional groups attached to an aromatic ring is 1. The van der Waals surface area contributed by atoms with Crippen LogP contribution in [0.15, 0.2) is 23.2 Å². The molecule has 1 fully saturated rings. The lowest BCUT2D eigenvalue weighted by Crippen LogP contribution is -2.37. The van der Waals surface area contributed by atoms with Crippen molar-refractivity contribution in [3.63, 3.8) is 0 Å². The Morgan fingerprint density at radius 2 is 2.05 bits per heavy atom. The Morgan fingerprint density at radius 3 is 2.67 bits per heavy atom. The van der Waals surface area contributed by atoms with E-state index in [4.69, 9.17) is 11.5 Å². The van der Waals surface area contributed by atoms with Gasteiger partial charge in [-0.25, -0.2) is 13.2 Å². The van der Waals surface area contributed by atoms with Crippen LogP contribution in [0.1, 0.15) is 12.5 Å². The summed E-state index contributed by atoms with van der Waals surface area (Å²) < 4.78 is 40.9. The van der Waals surface area contributed by atoms with Crippen molar-refractivity contribution in [2.24, 2.45) is 16.6 Å². The molecule has 0 unspecified atom stereocenters. The number of nitrogens with zero attached hydrogens (tertiary/aromatic N) is 1. The Bertz CT molecular complexity index is 654. The molecule has 3 atom stereocenters. The summed E-state index contributed by atoms with van der Waals surface area (Å²) in [5, 5.41) is 9.32. The van der Waals surface area contributed by atoms with Gasteiger partial charge in [0.25, 0.3) is 5.92 Å². The molecule has 0 aromatic heterocycles. The molecular formula is C13H14F3N3OS. The number of fused-ring (bicyclic) bond motifs is 1. The van der Waals surface area contributed by atoms with Crippen molar-refractivity contribution >= 4 is 22.6 Å². The van der Waals surface area contributed by atoms with Gasteiger partial charge >= 0.3 is 0 Å². The summed E-state index contributed by atoms with van der Waals surface area (Å²) in [6.45, 7) is 0.637. The van der Waals surface area contributed by atoms with E-state index in [-0.39, 0.29) is 16.4 Å². The Kier molecular flexibility index (Phi) is 2.82. The van der Waals surface area contributed by atoms with Crippen LogP contribution in [0.3, 0.4) is 0 Å². The standard InChI is InChI=1S/C13H14F3N3OS/c1-11(7-4-6(17)2-3-8(7)14)9-12(5-20,13(9,15)16)21-10(18)19-11/h2-4,9,20H,5,17H2,1H3,(H2,18,19)/t9-,11+,12+/m0/s1. The Hall–Kier alpha value is -1.41. The van der Waals surface area contributed by atoms with Gasteiger partial charge in [-0.2, -0.15) is 0 Å². The minimum absolute atomic E-state index is 0.0363. The van der Waals surface area contributed by atoms with E-state index in [1.54, 1.807) is 0 Å². The number of hydrogen-bond donors (Lipinski definition) is 3. The molecule has 1 heterocycles. The summed E-state index contributed by atoms with van der Waals surface area (Å²) >= 11 is 0.651. The first-order valence-corrected chi connectivity index (χ1v) is 7.09. The molecule has 1 aromatic carbocycles. The third kappa shape index (κ3) is 1.66. The monoisotopic (exact) mass is 317 g/mol. The fraction of sp³-hybridized carbons (Fsp3) is 0.462. The Morgan fingerprint density at radius 1 is 1.38 bits per heavy atom. The topological polar surface area (TPSA) is 84.6 Å². The van der Waals surface area contributed by atoms with Gasteiger partial charge in [0.2, 0.25) is 0 Å². The smallest absolute Gasteiger partial charge is 0.272 e. The molecule has 1 saturated carbocycles. The molecule has 3 rings (SSSR count). The van der Waals surface area contributed by atoms with Crippen LogP contribution in [0.5, 0.6) is 0 Å². The van der Waals surface area contributed by atoms with Crippen LogP contribution in [0, 0.1) is 11.7 Å². The quantitative estimate of drug-likeness (QED) is 0.725. The summed E-state index contributed by atoms with van der Waals surface area (Å²) in [6, 6.07) is 3.75. The average Bonchev–Trinajstić information content (AvgIpc) is 2.89. The zero-order chi connectivity index (χ0) is 15.6. The van der Waals surface area contributed by atoms with E-state index in [1.165, 1.54) is 19.1 Å². The van der Waals surface area contributed by atoms with Crippen molar-refractivity contribution in [2.45, 2.75) is 23.1 Å². The summed E-state index contributed by atoms with van der Waals surface area (Å²) in [6.07, 6.45) is 0. The van der Waals surface area contributed by atoms with Gasteiger partial charge in [0.15, 0.2) is 5.17 Å². The molecule has 0 amide bonds. The number of amidine groups is 1. The predicted octanol–water partition coefficient (Wildman–Crippen LogP) is 1.68. The highest BCUT2D eigenvalue weighted by molar-refractivity contribution is 8.15. The summed E-state index contributed by atoms with van der Waals surface area (Å²) in [7, 11) is 0. The molecule has 8 heteroatoms. The number of aliphatic hydroxyl groups is 1. The number of aliphatic hydroxyl groups excluding tert-OH is 1. The number of alkyl halides is 2. The maximum Gasteiger partial charge on any atom is 0.272 e. The second-order valence-electron chi connectivity index (χ2n) is 5.54. The number of benzene rings is 1. The van der Waals surface area contributed by atoms with Gasteiger partial charge in [0, 0.05) is 11.3 Å². The fourth-order valence-corrected chi connectivity index (χ4v) is 4.61. The van der Waals surface area contributed by atoms with Gasteiger partial charge < -0.3 is 16.6 Å². The molecular weight excluding hydrogens is 303 g/mol. The first-order chi connectivity index (χ1) is 9.69. The van der Waals surface area contributed by atoms with Crippen LogP contribution in [0.25, 0.3) is 0 Å². The zero-order valence-corrected chi connectivity index (χ0v) is 11.9. The molecule has 5 N–H and O–H groups in total. The summed E-state index contributed by atoms with van der Waals surface area (Å²) in [5.74, 6) is -5.20. The lowest BCUT2D eigenvalue weighted by Gasteiger charge is -2.32. The van der Waals surface area contributed by atoms with Gasteiger partial charge in [-0.1, -0.05) is 11.8 Å². The van der Waals surface area contributed by atoms with Crippen LogP contribution in [0.4, 0.5) is 18.9 Å². The van der Waals surface area contributed by atoms with Crippen molar-refractivity contribution < 1.29 is 18.3 Å². The van der Waals surface area contributed by atoms with E-state index >= 15 is 0 Å². The molecule has 0 bridgehead atoms. The van der Waals surface area contributed by atoms with Crippen molar-refractivity contribution in [1.29, 1.82) is 0 Å². The van der Waals surface area contributed by atoms with E-state index in [2.05, 4.69) is 4.99 Å². The average molecular weight is 317 g/mol. The molecule has 1 aromatic rings. The number of thioether (sulfide) groups is 1. The van der Waals surface area contributed by atoms with Crippen molar-refractivity contribution in [3.05, 3.63) is 29.6 Å². The second-order valence-corrected chi connectivity index (χ2v) is 6.89. The highest BCUT2D eigenvalue weighted by atomic mass is 32.2.